The molecule has 0 unspecified atom stereocenters. The van der Waals surface area contributed by atoms with Gasteiger partial charge in [-0.1, -0.05) is 12.1 Å². The van der Waals surface area contributed by atoms with Crippen molar-refractivity contribution in [3.8, 4) is 0 Å². The lowest BCUT2D eigenvalue weighted by Crippen LogP contribution is -2.13. The van der Waals surface area contributed by atoms with Crippen molar-refractivity contribution < 1.29 is 4.79 Å². The number of pyridine rings is 1. The molecule has 0 aliphatic rings. The minimum absolute atomic E-state index is 0.0389. The van der Waals surface area contributed by atoms with Gasteiger partial charge < -0.3 is 10.6 Å². The predicted octanol–water partition coefficient (Wildman–Crippen LogP) is 3.49. The first-order valence-electron chi connectivity index (χ1n) is 9.24. The number of fused-ring (bicyclic) bond motifs is 1. The standard InChI is InChI=1S/C21H21N7O/c1-13-7-16(10-22-9-13)21(29)25-17-6-4-5-15(8-17)14(2)24-19-11-23-18-12-28(3)27-20(18)26-19/h4-12,14H,1-3H3,(H,25,29)(H,24,26,27)/t14-/m0/s1. The zero-order valence-corrected chi connectivity index (χ0v) is 16.4. The molecule has 29 heavy (non-hydrogen) atoms. The second-order valence-corrected chi connectivity index (χ2v) is 6.96. The van der Waals surface area contributed by atoms with Crippen molar-refractivity contribution in [2.24, 2.45) is 7.05 Å². The fraction of sp³-hybridized carbons (Fsp3) is 0.190. The molecule has 1 amide bonds. The van der Waals surface area contributed by atoms with Gasteiger partial charge in [0.2, 0.25) is 5.65 Å². The summed E-state index contributed by atoms with van der Waals surface area (Å²) >= 11 is 0. The lowest BCUT2D eigenvalue weighted by molar-refractivity contribution is 0.102. The van der Waals surface area contributed by atoms with Crippen LogP contribution in [0.5, 0.6) is 0 Å². The van der Waals surface area contributed by atoms with Crippen LogP contribution in [-0.2, 0) is 7.05 Å². The summed E-state index contributed by atoms with van der Waals surface area (Å²) in [6.07, 6.45) is 6.79. The number of aryl methyl sites for hydroxylation is 2. The first-order valence-corrected chi connectivity index (χ1v) is 9.24. The van der Waals surface area contributed by atoms with Gasteiger partial charge in [-0.05, 0) is 43.2 Å². The van der Waals surface area contributed by atoms with Crippen LogP contribution in [-0.4, -0.2) is 30.6 Å². The highest BCUT2D eigenvalue weighted by atomic mass is 16.1. The van der Waals surface area contributed by atoms with E-state index in [0.29, 0.717) is 22.7 Å². The van der Waals surface area contributed by atoms with Crippen molar-refractivity contribution in [3.05, 3.63) is 71.8 Å². The fourth-order valence-electron chi connectivity index (χ4n) is 3.05. The highest BCUT2D eigenvalue weighted by Crippen LogP contribution is 2.22. The van der Waals surface area contributed by atoms with Crippen molar-refractivity contribution in [2.45, 2.75) is 19.9 Å². The van der Waals surface area contributed by atoms with Crippen LogP contribution in [0.4, 0.5) is 11.5 Å². The number of amides is 1. The third kappa shape index (κ3) is 4.21. The number of benzene rings is 1. The molecule has 0 bridgehead atoms. The minimum atomic E-state index is -0.189. The van der Waals surface area contributed by atoms with E-state index in [1.54, 1.807) is 23.3 Å². The Labute approximate surface area is 168 Å². The van der Waals surface area contributed by atoms with Gasteiger partial charge in [-0.3, -0.25) is 14.5 Å². The molecule has 3 heterocycles. The first kappa shape index (κ1) is 18.5. The van der Waals surface area contributed by atoms with Crippen molar-refractivity contribution >= 4 is 28.6 Å². The van der Waals surface area contributed by atoms with Crippen molar-refractivity contribution in [2.75, 3.05) is 10.6 Å². The van der Waals surface area contributed by atoms with E-state index in [2.05, 4.69) is 30.7 Å². The summed E-state index contributed by atoms with van der Waals surface area (Å²) < 4.78 is 1.69. The Morgan fingerprint density at radius 3 is 2.86 bits per heavy atom. The second kappa shape index (κ2) is 7.67. The van der Waals surface area contributed by atoms with Gasteiger partial charge in [-0.15, -0.1) is 0 Å². The van der Waals surface area contributed by atoms with Crippen LogP contribution in [0.15, 0.2) is 55.1 Å². The van der Waals surface area contributed by atoms with Crippen LogP contribution < -0.4 is 10.6 Å². The topological polar surface area (TPSA) is 97.6 Å². The summed E-state index contributed by atoms with van der Waals surface area (Å²) in [6.45, 7) is 3.93. The highest BCUT2D eigenvalue weighted by Gasteiger charge is 2.11. The molecule has 1 atom stereocenters. The molecule has 1 aromatic carbocycles. The number of aromatic nitrogens is 5. The Morgan fingerprint density at radius 2 is 2.03 bits per heavy atom. The Morgan fingerprint density at radius 1 is 1.17 bits per heavy atom. The van der Waals surface area contributed by atoms with Gasteiger partial charge in [-0.25, -0.2) is 9.97 Å². The Kier molecular flexibility index (Phi) is 4.90. The fourth-order valence-corrected chi connectivity index (χ4v) is 3.05. The van der Waals surface area contributed by atoms with Crippen LogP contribution in [0.1, 0.15) is 34.5 Å². The van der Waals surface area contributed by atoms with Gasteiger partial charge in [0.1, 0.15) is 11.3 Å². The highest BCUT2D eigenvalue weighted by molar-refractivity contribution is 6.04. The molecular formula is C21H21N7O. The summed E-state index contributed by atoms with van der Waals surface area (Å²) in [5.41, 5.74) is 4.54. The van der Waals surface area contributed by atoms with E-state index in [1.165, 1.54) is 0 Å². The largest absolute Gasteiger partial charge is 0.362 e. The van der Waals surface area contributed by atoms with Crippen molar-refractivity contribution in [1.82, 2.24) is 24.7 Å². The molecule has 0 aliphatic carbocycles. The molecule has 2 N–H and O–H groups in total. The van der Waals surface area contributed by atoms with E-state index in [4.69, 9.17) is 0 Å². The Balaban J connectivity index is 1.48. The molecule has 8 heteroatoms. The Bertz CT molecular complexity index is 1180. The second-order valence-electron chi connectivity index (χ2n) is 6.96. The normalized spacial score (nSPS) is 12.0. The molecule has 0 saturated heterocycles. The maximum Gasteiger partial charge on any atom is 0.257 e. The third-order valence-electron chi connectivity index (χ3n) is 4.49. The number of nitrogens with one attached hydrogen (secondary N) is 2. The van der Waals surface area contributed by atoms with Gasteiger partial charge in [-0.2, -0.15) is 5.10 Å². The molecule has 0 aliphatic heterocycles. The number of hydrogen-bond donors (Lipinski definition) is 2. The summed E-state index contributed by atoms with van der Waals surface area (Å²) in [5.74, 6) is 0.453. The molecule has 0 fully saturated rings. The van der Waals surface area contributed by atoms with Crippen molar-refractivity contribution in [1.29, 1.82) is 0 Å². The number of carbonyl (C=O) groups is 1. The van der Waals surface area contributed by atoms with E-state index in [0.717, 1.165) is 16.6 Å². The van der Waals surface area contributed by atoms with Crippen LogP contribution in [0.2, 0.25) is 0 Å². The summed E-state index contributed by atoms with van der Waals surface area (Å²) in [7, 11) is 1.84. The van der Waals surface area contributed by atoms with E-state index in [9.17, 15) is 4.79 Å². The summed E-state index contributed by atoms with van der Waals surface area (Å²) in [5, 5.41) is 10.5. The van der Waals surface area contributed by atoms with Gasteiger partial charge in [0.25, 0.3) is 5.91 Å². The van der Waals surface area contributed by atoms with E-state index >= 15 is 0 Å². The lowest BCUT2D eigenvalue weighted by Gasteiger charge is -2.16. The van der Waals surface area contributed by atoms with Crippen LogP contribution in [0.25, 0.3) is 11.2 Å². The van der Waals surface area contributed by atoms with E-state index < -0.39 is 0 Å². The average molecular weight is 387 g/mol. The third-order valence-corrected chi connectivity index (χ3v) is 4.49. The smallest absolute Gasteiger partial charge is 0.257 e. The summed E-state index contributed by atoms with van der Waals surface area (Å²) in [4.78, 5) is 25.4. The lowest BCUT2D eigenvalue weighted by atomic mass is 10.1. The maximum absolute atomic E-state index is 12.5. The first-order chi connectivity index (χ1) is 14.0. The molecule has 8 nitrogen and oxygen atoms in total. The van der Waals surface area contributed by atoms with Gasteiger partial charge in [0.05, 0.1) is 24.0 Å². The van der Waals surface area contributed by atoms with Crippen LogP contribution in [0, 0.1) is 6.92 Å². The van der Waals surface area contributed by atoms with Gasteiger partial charge >= 0.3 is 0 Å². The number of nitrogens with zero attached hydrogens (tertiary/aromatic N) is 5. The molecule has 0 spiro atoms. The predicted molar refractivity (Wildman–Crippen MR) is 112 cm³/mol. The number of rotatable bonds is 5. The molecule has 146 valence electrons. The average Bonchev–Trinajstić information content (AvgIpc) is 3.07. The quantitative estimate of drug-likeness (QED) is 0.544. The number of anilines is 2. The van der Waals surface area contributed by atoms with E-state index in [-0.39, 0.29) is 11.9 Å². The molecule has 4 aromatic rings. The number of hydrogen-bond acceptors (Lipinski definition) is 6. The Hall–Kier alpha value is -3.81. The van der Waals surface area contributed by atoms with Crippen LogP contribution in [0.3, 0.4) is 0 Å². The molecule has 3 aromatic heterocycles. The van der Waals surface area contributed by atoms with Crippen molar-refractivity contribution in [3.63, 3.8) is 0 Å². The molecular weight excluding hydrogens is 366 g/mol. The SMILES string of the molecule is Cc1cncc(C(=O)Nc2cccc([C@H](C)Nc3cnc4cn(C)nc4n3)c2)c1. The van der Waals surface area contributed by atoms with Gasteiger partial charge in [0, 0.05) is 25.1 Å². The van der Waals surface area contributed by atoms with Gasteiger partial charge in [0.15, 0.2) is 0 Å². The maximum atomic E-state index is 12.5. The molecule has 0 saturated carbocycles. The monoisotopic (exact) mass is 387 g/mol. The summed E-state index contributed by atoms with van der Waals surface area (Å²) in [6, 6.07) is 9.47. The zero-order valence-electron chi connectivity index (χ0n) is 16.4. The number of carbonyl (C=O) groups excluding carboxylic acids is 1. The minimum Gasteiger partial charge on any atom is -0.362 e. The molecule has 0 radical (unpaired) electrons. The zero-order chi connectivity index (χ0) is 20.4. The van der Waals surface area contributed by atoms with E-state index in [1.807, 2.05) is 57.4 Å². The molecule has 4 rings (SSSR count). The van der Waals surface area contributed by atoms with Crippen LogP contribution >= 0.6 is 0 Å².